The third-order valence-electron chi connectivity index (χ3n) is 3.27. The maximum atomic E-state index is 11.8. The molecule has 0 radical (unpaired) electrons. The fraction of sp³-hybridized carbons (Fsp3) is 0.231. The van der Waals surface area contributed by atoms with E-state index in [1.165, 1.54) is 0 Å². The Hall–Kier alpha value is -2.50. The number of nitrogens with one attached hydrogen (secondary N) is 1. The number of imide groups is 1. The quantitative estimate of drug-likeness (QED) is 0.633. The second-order valence-corrected chi connectivity index (χ2v) is 4.49. The summed E-state index contributed by atoms with van der Waals surface area (Å²) in [6, 6.07) is 3.37. The van der Waals surface area contributed by atoms with E-state index >= 15 is 0 Å². The Balaban J connectivity index is 2.03. The van der Waals surface area contributed by atoms with Crippen LogP contribution in [0.5, 0.6) is 0 Å². The molecule has 6 nitrogen and oxygen atoms in total. The summed E-state index contributed by atoms with van der Waals surface area (Å²) in [5.74, 6) is -0.395. The van der Waals surface area contributed by atoms with Gasteiger partial charge in [0.2, 0.25) is 11.8 Å². The largest absolute Gasteiger partial charge is 0.303 e. The maximum Gasteiger partial charge on any atom is 0.237 e. The number of rotatable bonds is 2. The first-order chi connectivity index (χ1) is 9.19. The number of nitrogens with zero attached hydrogens (tertiary/aromatic N) is 2. The summed E-state index contributed by atoms with van der Waals surface area (Å²) in [4.78, 5) is 37.9. The second-order valence-electron chi connectivity index (χ2n) is 4.49. The molecule has 0 bridgehead atoms. The van der Waals surface area contributed by atoms with E-state index in [4.69, 9.17) is 0 Å². The van der Waals surface area contributed by atoms with Crippen LogP contribution in [0.4, 0.5) is 0 Å². The van der Waals surface area contributed by atoms with Crippen LogP contribution in [0.1, 0.15) is 34.9 Å². The second kappa shape index (κ2) is 4.31. The average Bonchev–Trinajstić information content (AvgIpc) is 2.81. The number of carbonyl (C=O) groups is 3. The Bertz CT molecular complexity index is 689. The molecule has 2 aromatic rings. The van der Waals surface area contributed by atoms with Gasteiger partial charge in [0.05, 0.1) is 17.6 Å². The number of piperidine rings is 1. The molecule has 0 aliphatic carbocycles. The van der Waals surface area contributed by atoms with Crippen molar-refractivity contribution >= 4 is 23.6 Å². The Labute approximate surface area is 108 Å². The van der Waals surface area contributed by atoms with Crippen molar-refractivity contribution in [2.24, 2.45) is 0 Å². The third-order valence-corrected chi connectivity index (χ3v) is 3.27. The van der Waals surface area contributed by atoms with Gasteiger partial charge >= 0.3 is 0 Å². The lowest BCUT2D eigenvalue weighted by atomic mass is 9.97. The van der Waals surface area contributed by atoms with Gasteiger partial charge in [0.25, 0.3) is 0 Å². The summed E-state index contributed by atoms with van der Waals surface area (Å²) in [6.45, 7) is 0. The van der Waals surface area contributed by atoms with Gasteiger partial charge in [-0.15, -0.1) is 0 Å². The summed E-state index contributed by atoms with van der Waals surface area (Å²) < 4.78 is 1.77. The van der Waals surface area contributed by atoms with E-state index < -0.39 is 5.92 Å². The van der Waals surface area contributed by atoms with Gasteiger partial charge in [-0.25, -0.2) is 4.98 Å². The predicted molar refractivity (Wildman–Crippen MR) is 65.7 cm³/mol. The number of aromatic nitrogens is 2. The summed E-state index contributed by atoms with van der Waals surface area (Å²) in [6.07, 6.45) is 4.87. The molecule has 0 spiro atoms. The van der Waals surface area contributed by atoms with Crippen LogP contribution in [0.15, 0.2) is 24.5 Å². The van der Waals surface area contributed by atoms with E-state index in [1.807, 2.05) is 0 Å². The number of imidazole rings is 1. The van der Waals surface area contributed by atoms with Crippen LogP contribution in [-0.2, 0) is 9.59 Å². The molecule has 6 heteroatoms. The minimum atomic E-state index is -0.428. The van der Waals surface area contributed by atoms with E-state index in [1.54, 1.807) is 28.9 Å². The molecule has 1 aliphatic rings. The molecule has 1 fully saturated rings. The first-order valence-electron chi connectivity index (χ1n) is 5.95. The van der Waals surface area contributed by atoms with Crippen LogP contribution >= 0.6 is 0 Å². The summed E-state index contributed by atoms with van der Waals surface area (Å²) in [7, 11) is 0. The zero-order valence-corrected chi connectivity index (χ0v) is 10.00. The molecule has 1 saturated heterocycles. The first kappa shape index (κ1) is 11.6. The molecule has 2 aromatic heterocycles. The highest BCUT2D eigenvalue weighted by Gasteiger charge is 2.30. The molecule has 19 heavy (non-hydrogen) atoms. The third kappa shape index (κ3) is 1.91. The van der Waals surface area contributed by atoms with Gasteiger partial charge in [0, 0.05) is 18.2 Å². The van der Waals surface area contributed by atoms with Crippen molar-refractivity contribution in [3.05, 3.63) is 35.9 Å². The summed E-state index contributed by atoms with van der Waals surface area (Å²) >= 11 is 0. The Morgan fingerprint density at radius 1 is 1.42 bits per heavy atom. The Morgan fingerprint density at radius 3 is 3.00 bits per heavy atom. The number of fused-ring (bicyclic) bond motifs is 1. The smallest absolute Gasteiger partial charge is 0.237 e. The molecule has 1 atom stereocenters. The highest BCUT2D eigenvalue weighted by molar-refractivity contribution is 6.00. The summed E-state index contributed by atoms with van der Waals surface area (Å²) in [5, 5.41) is 2.32. The fourth-order valence-electron chi connectivity index (χ4n) is 2.31. The van der Waals surface area contributed by atoms with Crippen molar-refractivity contribution in [2.45, 2.75) is 18.8 Å². The summed E-state index contributed by atoms with van der Waals surface area (Å²) in [5.41, 5.74) is 1.31. The highest BCUT2D eigenvalue weighted by Crippen LogP contribution is 2.24. The monoisotopic (exact) mass is 257 g/mol. The zero-order valence-electron chi connectivity index (χ0n) is 10.00. The van der Waals surface area contributed by atoms with Gasteiger partial charge in [-0.05, 0) is 18.6 Å². The number of carbonyl (C=O) groups excluding carboxylic acids is 3. The van der Waals surface area contributed by atoms with Gasteiger partial charge in [-0.2, -0.15) is 0 Å². The van der Waals surface area contributed by atoms with Crippen molar-refractivity contribution in [3.8, 4) is 0 Å². The zero-order chi connectivity index (χ0) is 13.4. The first-order valence-corrected chi connectivity index (χ1v) is 5.95. The van der Waals surface area contributed by atoms with Crippen LogP contribution in [0, 0.1) is 0 Å². The van der Waals surface area contributed by atoms with Gasteiger partial charge in [0.1, 0.15) is 12.1 Å². The van der Waals surface area contributed by atoms with E-state index in [0.29, 0.717) is 24.2 Å². The molecule has 3 heterocycles. The molecule has 1 aliphatic heterocycles. The van der Waals surface area contributed by atoms with Crippen LogP contribution in [0.3, 0.4) is 0 Å². The van der Waals surface area contributed by atoms with Crippen LogP contribution in [0.25, 0.3) is 5.52 Å². The SMILES string of the molecule is O=Cc1ccn2c(C3CCC(=O)NC3=O)ncc2c1. The fourth-order valence-corrected chi connectivity index (χ4v) is 2.31. The molecule has 1 N–H and O–H groups in total. The van der Waals surface area contributed by atoms with Crippen LogP contribution in [-0.4, -0.2) is 27.5 Å². The minimum absolute atomic E-state index is 0.245. The number of pyridine rings is 1. The lowest BCUT2D eigenvalue weighted by Gasteiger charge is -2.19. The van der Waals surface area contributed by atoms with Crippen molar-refractivity contribution in [2.75, 3.05) is 0 Å². The topological polar surface area (TPSA) is 80.5 Å². The van der Waals surface area contributed by atoms with Crippen molar-refractivity contribution in [1.29, 1.82) is 0 Å². The van der Waals surface area contributed by atoms with Crippen molar-refractivity contribution in [1.82, 2.24) is 14.7 Å². The lowest BCUT2D eigenvalue weighted by Crippen LogP contribution is -2.40. The van der Waals surface area contributed by atoms with E-state index in [-0.39, 0.29) is 11.8 Å². The van der Waals surface area contributed by atoms with Crippen molar-refractivity contribution in [3.63, 3.8) is 0 Å². The highest BCUT2D eigenvalue weighted by atomic mass is 16.2. The van der Waals surface area contributed by atoms with Gasteiger partial charge in [-0.3, -0.25) is 19.7 Å². The van der Waals surface area contributed by atoms with Crippen molar-refractivity contribution < 1.29 is 14.4 Å². The lowest BCUT2D eigenvalue weighted by molar-refractivity contribution is -0.134. The minimum Gasteiger partial charge on any atom is -0.303 e. The molecular formula is C13H11N3O3. The van der Waals surface area contributed by atoms with Crippen LogP contribution < -0.4 is 5.32 Å². The molecular weight excluding hydrogens is 246 g/mol. The maximum absolute atomic E-state index is 11.8. The Morgan fingerprint density at radius 2 is 2.26 bits per heavy atom. The van der Waals surface area contributed by atoms with E-state index in [0.717, 1.165) is 11.8 Å². The number of aldehydes is 1. The van der Waals surface area contributed by atoms with E-state index in [9.17, 15) is 14.4 Å². The molecule has 2 amide bonds. The predicted octanol–water partition coefficient (Wildman–Crippen LogP) is 0.667. The average molecular weight is 257 g/mol. The number of hydrogen-bond acceptors (Lipinski definition) is 4. The Kier molecular flexibility index (Phi) is 2.63. The van der Waals surface area contributed by atoms with E-state index in [2.05, 4.69) is 10.3 Å². The number of amides is 2. The number of hydrogen-bond donors (Lipinski definition) is 1. The molecule has 1 unspecified atom stereocenters. The van der Waals surface area contributed by atoms with Gasteiger partial charge < -0.3 is 4.40 Å². The molecule has 0 aromatic carbocycles. The molecule has 0 saturated carbocycles. The van der Waals surface area contributed by atoms with Crippen LogP contribution in [0.2, 0.25) is 0 Å². The van der Waals surface area contributed by atoms with Gasteiger partial charge in [0.15, 0.2) is 0 Å². The normalized spacial score (nSPS) is 19.5. The van der Waals surface area contributed by atoms with Gasteiger partial charge in [-0.1, -0.05) is 0 Å². The standard InChI is InChI=1S/C13H11N3O3/c17-7-8-3-4-16-9(5-8)6-14-12(16)10-1-2-11(18)15-13(10)19/h3-7,10H,1-2H2,(H,15,18,19). The molecule has 3 rings (SSSR count). The molecule has 96 valence electrons.